The molecule has 2 rings (SSSR count). The van der Waals surface area contributed by atoms with Gasteiger partial charge in [-0.25, -0.2) is 8.78 Å². The number of rotatable bonds is 2. The molecule has 5 heteroatoms. The van der Waals surface area contributed by atoms with Crippen molar-refractivity contribution in [1.82, 2.24) is 0 Å². The fourth-order valence-electron chi connectivity index (χ4n) is 1.38. The lowest BCUT2D eigenvalue weighted by atomic mass is 10.2. The molecule has 17 heavy (non-hydrogen) atoms. The molecule has 3 N–H and O–H groups in total. The number of hydrogen-bond acceptors (Lipinski definition) is 2. The number of benzene rings is 2. The predicted octanol–water partition coefficient (Wildman–Crippen LogP) is 3.94. The monoisotopic (exact) mass is 254 g/mol. The molecule has 0 unspecified atom stereocenters. The summed E-state index contributed by atoms with van der Waals surface area (Å²) in [6.07, 6.45) is 0. The second kappa shape index (κ2) is 4.59. The van der Waals surface area contributed by atoms with Gasteiger partial charge in [-0.1, -0.05) is 17.7 Å². The molecule has 0 heterocycles. The molecular formula is C12H9ClF2N2. The first-order valence-corrected chi connectivity index (χ1v) is 5.22. The molecule has 2 aromatic rings. The number of nitrogen functional groups attached to an aromatic ring is 1. The first kappa shape index (κ1) is 11.7. The van der Waals surface area contributed by atoms with Crippen LogP contribution in [0.4, 0.5) is 25.8 Å². The van der Waals surface area contributed by atoms with Crippen molar-refractivity contribution < 1.29 is 8.78 Å². The maximum atomic E-state index is 13.6. The van der Waals surface area contributed by atoms with Gasteiger partial charge < -0.3 is 11.1 Å². The highest BCUT2D eigenvalue weighted by Gasteiger charge is 2.08. The summed E-state index contributed by atoms with van der Waals surface area (Å²) < 4.78 is 27.0. The minimum absolute atomic E-state index is 0.0224. The van der Waals surface area contributed by atoms with E-state index in [-0.39, 0.29) is 16.4 Å². The van der Waals surface area contributed by atoms with Crippen molar-refractivity contribution in [3.63, 3.8) is 0 Å². The Kier molecular flexibility index (Phi) is 3.15. The maximum absolute atomic E-state index is 13.6. The summed E-state index contributed by atoms with van der Waals surface area (Å²) >= 11 is 5.62. The average Bonchev–Trinajstić information content (AvgIpc) is 2.28. The van der Waals surface area contributed by atoms with Crippen LogP contribution in [0, 0.1) is 11.6 Å². The Hall–Kier alpha value is -1.81. The molecule has 2 aromatic carbocycles. The van der Waals surface area contributed by atoms with E-state index in [4.69, 9.17) is 17.3 Å². The van der Waals surface area contributed by atoms with Crippen molar-refractivity contribution in [3.05, 3.63) is 53.1 Å². The second-order valence-corrected chi connectivity index (χ2v) is 3.87. The van der Waals surface area contributed by atoms with E-state index in [1.807, 2.05) is 0 Å². The zero-order valence-electron chi connectivity index (χ0n) is 8.68. The van der Waals surface area contributed by atoms with Crippen LogP contribution in [0.3, 0.4) is 0 Å². The largest absolute Gasteiger partial charge is 0.399 e. The van der Waals surface area contributed by atoms with Crippen LogP contribution >= 0.6 is 11.6 Å². The molecule has 0 aliphatic rings. The van der Waals surface area contributed by atoms with Crippen LogP contribution in [0.2, 0.25) is 5.02 Å². The number of anilines is 3. The van der Waals surface area contributed by atoms with Gasteiger partial charge in [0.1, 0.15) is 5.82 Å². The molecule has 0 saturated carbocycles. The van der Waals surface area contributed by atoms with Gasteiger partial charge in [-0.05, 0) is 30.3 Å². The van der Waals surface area contributed by atoms with Gasteiger partial charge in [0.15, 0.2) is 5.82 Å². The smallest absolute Gasteiger partial charge is 0.165 e. The van der Waals surface area contributed by atoms with E-state index in [1.165, 1.54) is 24.3 Å². The lowest BCUT2D eigenvalue weighted by Crippen LogP contribution is -1.97. The van der Waals surface area contributed by atoms with Gasteiger partial charge in [-0.3, -0.25) is 0 Å². The normalized spacial score (nSPS) is 10.3. The third-order valence-corrected chi connectivity index (χ3v) is 2.51. The third kappa shape index (κ3) is 2.47. The molecule has 0 aliphatic heterocycles. The van der Waals surface area contributed by atoms with Crippen molar-refractivity contribution in [3.8, 4) is 0 Å². The average molecular weight is 255 g/mol. The predicted molar refractivity (Wildman–Crippen MR) is 65.5 cm³/mol. The van der Waals surface area contributed by atoms with Crippen LogP contribution in [0.1, 0.15) is 0 Å². The van der Waals surface area contributed by atoms with Crippen LogP contribution in [-0.4, -0.2) is 0 Å². The van der Waals surface area contributed by atoms with Crippen LogP contribution < -0.4 is 11.1 Å². The SMILES string of the molecule is Nc1ccc(Nc2cccc(Cl)c2F)c(F)c1. The van der Waals surface area contributed by atoms with Gasteiger partial charge in [0, 0.05) is 5.69 Å². The van der Waals surface area contributed by atoms with Gasteiger partial charge in [0.2, 0.25) is 0 Å². The molecule has 0 spiro atoms. The minimum atomic E-state index is -0.620. The molecule has 0 atom stereocenters. The van der Waals surface area contributed by atoms with E-state index < -0.39 is 11.6 Å². The molecule has 88 valence electrons. The highest BCUT2D eigenvalue weighted by molar-refractivity contribution is 6.31. The number of halogens is 3. The quantitative estimate of drug-likeness (QED) is 0.797. The summed E-state index contributed by atoms with van der Waals surface area (Å²) in [5, 5.41) is 2.60. The zero-order valence-corrected chi connectivity index (χ0v) is 9.43. The fourth-order valence-corrected chi connectivity index (χ4v) is 1.55. The summed E-state index contributed by atoms with van der Waals surface area (Å²) in [6, 6.07) is 8.57. The molecule has 0 bridgehead atoms. The van der Waals surface area contributed by atoms with Crippen LogP contribution in [0.15, 0.2) is 36.4 Å². The molecule has 0 aromatic heterocycles. The van der Waals surface area contributed by atoms with E-state index in [0.717, 1.165) is 6.07 Å². The van der Waals surface area contributed by atoms with Crippen molar-refractivity contribution in [2.45, 2.75) is 0 Å². The van der Waals surface area contributed by atoms with Crippen LogP contribution in [0.5, 0.6) is 0 Å². The van der Waals surface area contributed by atoms with E-state index >= 15 is 0 Å². The van der Waals surface area contributed by atoms with E-state index in [0.29, 0.717) is 5.69 Å². The molecule has 0 amide bonds. The van der Waals surface area contributed by atoms with E-state index in [1.54, 1.807) is 6.07 Å². The van der Waals surface area contributed by atoms with E-state index in [2.05, 4.69) is 5.32 Å². The minimum Gasteiger partial charge on any atom is -0.399 e. The highest BCUT2D eigenvalue weighted by atomic mass is 35.5. The summed E-state index contributed by atoms with van der Waals surface area (Å²) in [6.45, 7) is 0. The van der Waals surface area contributed by atoms with Gasteiger partial charge in [0.25, 0.3) is 0 Å². The van der Waals surface area contributed by atoms with Crippen LogP contribution in [0.25, 0.3) is 0 Å². The van der Waals surface area contributed by atoms with Gasteiger partial charge in [0.05, 0.1) is 16.4 Å². The number of nitrogens with two attached hydrogens (primary N) is 1. The summed E-state index contributed by atoms with van der Waals surface area (Å²) in [5.74, 6) is -1.17. The Morgan fingerprint density at radius 1 is 1.06 bits per heavy atom. The molecule has 0 radical (unpaired) electrons. The number of hydrogen-bond donors (Lipinski definition) is 2. The van der Waals surface area contributed by atoms with Crippen LogP contribution in [-0.2, 0) is 0 Å². The second-order valence-electron chi connectivity index (χ2n) is 3.47. The molecular weight excluding hydrogens is 246 g/mol. The lowest BCUT2D eigenvalue weighted by Gasteiger charge is -2.09. The van der Waals surface area contributed by atoms with Crippen molar-refractivity contribution in [1.29, 1.82) is 0 Å². The molecule has 0 aliphatic carbocycles. The molecule has 0 saturated heterocycles. The maximum Gasteiger partial charge on any atom is 0.165 e. The number of nitrogens with one attached hydrogen (secondary N) is 1. The Morgan fingerprint density at radius 3 is 2.53 bits per heavy atom. The lowest BCUT2D eigenvalue weighted by molar-refractivity contribution is 0.626. The molecule has 0 fully saturated rings. The van der Waals surface area contributed by atoms with Crippen molar-refractivity contribution in [2.24, 2.45) is 0 Å². The highest BCUT2D eigenvalue weighted by Crippen LogP contribution is 2.27. The van der Waals surface area contributed by atoms with Gasteiger partial charge in [-0.2, -0.15) is 0 Å². The van der Waals surface area contributed by atoms with Gasteiger partial charge >= 0.3 is 0 Å². The topological polar surface area (TPSA) is 38.0 Å². The Morgan fingerprint density at radius 2 is 1.82 bits per heavy atom. The Bertz CT molecular complexity index is 558. The molecule has 2 nitrogen and oxygen atoms in total. The summed E-state index contributed by atoms with van der Waals surface area (Å²) in [7, 11) is 0. The Balaban J connectivity index is 2.35. The summed E-state index contributed by atoms with van der Waals surface area (Å²) in [5.41, 5.74) is 5.97. The van der Waals surface area contributed by atoms with Gasteiger partial charge in [-0.15, -0.1) is 0 Å². The van der Waals surface area contributed by atoms with E-state index in [9.17, 15) is 8.78 Å². The first-order valence-electron chi connectivity index (χ1n) is 4.84. The Labute approximate surface area is 102 Å². The standard InChI is InChI=1S/C12H9ClF2N2/c13-8-2-1-3-11(12(8)15)17-10-5-4-7(16)6-9(10)14/h1-6,17H,16H2. The van der Waals surface area contributed by atoms with Crippen molar-refractivity contribution >= 4 is 28.7 Å². The third-order valence-electron chi connectivity index (χ3n) is 2.21. The fraction of sp³-hybridized carbons (Fsp3) is 0. The first-order chi connectivity index (χ1) is 8.08. The van der Waals surface area contributed by atoms with Crippen molar-refractivity contribution in [2.75, 3.05) is 11.1 Å². The zero-order chi connectivity index (χ0) is 12.4. The summed E-state index contributed by atoms with van der Waals surface area (Å²) in [4.78, 5) is 0.